The first-order chi connectivity index (χ1) is 7.12. The molecule has 1 aromatic rings. The number of aldehydes is 1. The van der Waals surface area contributed by atoms with Gasteiger partial charge in [-0.05, 0) is 25.5 Å². The van der Waals surface area contributed by atoms with Crippen LogP contribution in [0.5, 0.6) is 0 Å². The van der Waals surface area contributed by atoms with Gasteiger partial charge in [0.15, 0.2) is 6.29 Å². The Morgan fingerprint density at radius 1 is 1.67 bits per heavy atom. The van der Waals surface area contributed by atoms with E-state index in [1.807, 2.05) is 4.90 Å². The SMILES string of the molecule is CC1(O)CCN(c2ncccc2C=O)C1. The fraction of sp³-hybridized carbons (Fsp3) is 0.455. The lowest BCUT2D eigenvalue weighted by Gasteiger charge is -2.20. The predicted molar refractivity (Wildman–Crippen MR) is 57.1 cm³/mol. The molecule has 0 bridgehead atoms. The molecule has 0 amide bonds. The molecule has 1 aliphatic rings. The Kier molecular flexibility index (Phi) is 2.44. The predicted octanol–water partition coefficient (Wildman–Crippen LogP) is 0.855. The maximum absolute atomic E-state index is 10.8. The number of carbonyl (C=O) groups is 1. The zero-order valence-electron chi connectivity index (χ0n) is 8.68. The molecule has 15 heavy (non-hydrogen) atoms. The maximum Gasteiger partial charge on any atom is 0.153 e. The van der Waals surface area contributed by atoms with Crippen molar-refractivity contribution >= 4 is 12.1 Å². The lowest BCUT2D eigenvalue weighted by Crippen LogP contribution is -2.30. The van der Waals surface area contributed by atoms with Crippen LogP contribution in [0.15, 0.2) is 18.3 Å². The van der Waals surface area contributed by atoms with E-state index in [0.29, 0.717) is 24.3 Å². The highest BCUT2D eigenvalue weighted by Gasteiger charge is 2.32. The third-order valence-corrected chi connectivity index (χ3v) is 2.70. The lowest BCUT2D eigenvalue weighted by molar-refractivity contribution is 0.0838. The minimum absolute atomic E-state index is 0.533. The Morgan fingerprint density at radius 2 is 2.47 bits per heavy atom. The molecule has 2 rings (SSSR count). The molecule has 4 heteroatoms. The van der Waals surface area contributed by atoms with Crippen LogP contribution < -0.4 is 4.90 Å². The van der Waals surface area contributed by atoms with Crippen molar-refractivity contribution in [1.82, 2.24) is 4.98 Å². The van der Waals surface area contributed by atoms with Gasteiger partial charge in [-0.15, -0.1) is 0 Å². The second-order valence-electron chi connectivity index (χ2n) is 4.20. The number of anilines is 1. The van der Waals surface area contributed by atoms with Gasteiger partial charge in [-0.3, -0.25) is 4.79 Å². The summed E-state index contributed by atoms with van der Waals surface area (Å²) < 4.78 is 0. The van der Waals surface area contributed by atoms with Crippen LogP contribution >= 0.6 is 0 Å². The van der Waals surface area contributed by atoms with Crippen molar-refractivity contribution < 1.29 is 9.90 Å². The van der Waals surface area contributed by atoms with Gasteiger partial charge in [0, 0.05) is 19.3 Å². The molecular formula is C11H14N2O2. The highest BCUT2D eigenvalue weighted by atomic mass is 16.3. The quantitative estimate of drug-likeness (QED) is 0.729. The molecule has 1 aromatic heterocycles. The number of aliphatic hydroxyl groups is 1. The molecule has 4 nitrogen and oxygen atoms in total. The summed E-state index contributed by atoms with van der Waals surface area (Å²) in [7, 11) is 0. The fourth-order valence-electron chi connectivity index (χ4n) is 1.89. The first-order valence-electron chi connectivity index (χ1n) is 5.00. The maximum atomic E-state index is 10.8. The Hall–Kier alpha value is -1.42. The molecule has 0 radical (unpaired) electrons. The van der Waals surface area contributed by atoms with Crippen LogP contribution in [0.4, 0.5) is 5.82 Å². The van der Waals surface area contributed by atoms with Gasteiger partial charge in [0.25, 0.3) is 0 Å². The van der Waals surface area contributed by atoms with Crippen molar-refractivity contribution in [3.05, 3.63) is 23.9 Å². The van der Waals surface area contributed by atoms with Crippen molar-refractivity contribution in [2.75, 3.05) is 18.0 Å². The van der Waals surface area contributed by atoms with E-state index >= 15 is 0 Å². The van der Waals surface area contributed by atoms with Gasteiger partial charge < -0.3 is 10.0 Å². The third-order valence-electron chi connectivity index (χ3n) is 2.70. The number of aromatic nitrogens is 1. The molecule has 0 aromatic carbocycles. The normalized spacial score (nSPS) is 25.6. The van der Waals surface area contributed by atoms with Gasteiger partial charge in [0.2, 0.25) is 0 Å². The molecule has 0 spiro atoms. The number of nitrogens with zero attached hydrogens (tertiary/aromatic N) is 2. The van der Waals surface area contributed by atoms with Crippen LogP contribution in [0.1, 0.15) is 23.7 Å². The van der Waals surface area contributed by atoms with Crippen molar-refractivity contribution in [1.29, 1.82) is 0 Å². The summed E-state index contributed by atoms with van der Waals surface area (Å²) in [6, 6.07) is 3.48. The van der Waals surface area contributed by atoms with E-state index in [1.165, 1.54) is 0 Å². The van der Waals surface area contributed by atoms with Gasteiger partial charge in [-0.25, -0.2) is 4.98 Å². The highest BCUT2D eigenvalue weighted by Crippen LogP contribution is 2.26. The van der Waals surface area contributed by atoms with E-state index in [0.717, 1.165) is 12.8 Å². The number of carbonyl (C=O) groups excluding carboxylic acids is 1. The summed E-state index contributed by atoms with van der Waals surface area (Å²) >= 11 is 0. The van der Waals surface area contributed by atoms with Crippen molar-refractivity contribution in [3.8, 4) is 0 Å². The number of hydrogen-bond acceptors (Lipinski definition) is 4. The summed E-state index contributed by atoms with van der Waals surface area (Å²) in [6.07, 6.45) is 3.17. The molecule has 1 unspecified atom stereocenters. The van der Waals surface area contributed by atoms with Crippen molar-refractivity contribution in [2.45, 2.75) is 18.9 Å². The number of pyridine rings is 1. The van der Waals surface area contributed by atoms with Crippen LogP contribution in [0, 0.1) is 0 Å². The highest BCUT2D eigenvalue weighted by molar-refractivity contribution is 5.82. The topological polar surface area (TPSA) is 53.4 Å². The molecule has 1 fully saturated rings. The zero-order valence-corrected chi connectivity index (χ0v) is 8.68. The second-order valence-corrected chi connectivity index (χ2v) is 4.20. The van der Waals surface area contributed by atoms with Gasteiger partial charge in [0.1, 0.15) is 5.82 Å². The summed E-state index contributed by atoms with van der Waals surface area (Å²) in [6.45, 7) is 3.08. The number of hydrogen-bond donors (Lipinski definition) is 1. The largest absolute Gasteiger partial charge is 0.388 e. The Labute approximate surface area is 88.6 Å². The first kappa shape index (κ1) is 10.1. The van der Waals surface area contributed by atoms with Crippen LogP contribution in [-0.2, 0) is 0 Å². The van der Waals surface area contributed by atoms with Gasteiger partial charge >= 0.3 is 0 Å². The average Bonchev–Trinajstić information content (AvgIpc) is 2.59. The zero-order chi connectivity index (χ0) is 10.9. The molecule has 80 valence electrons. The van der Waals surface area contributed by atoms with Gasteiger partial charge in [-0.1, -0.05) is 0 Å². The average molecular weight is 206 g/mol. The van der Waals surface area contributed by atoms with E-state index in [-0.39, 0.29) is 0 Å². The summed E-state index contributed by atoms with van der Waals surface area (Å²) in [4.78, 5) is 16.9. The molecule has 0 saturated carbocycles. The molecule has 0 aliphatic carbocycles. The monoisotopic (exact) mass is 206 g/mol. The molecular weight excluding hydrogens is 192 g/mol. The van der Waals surface area contributed by atoms with Crippen molar-refractivity contribution in [2.24, 2.45) is 0 Å². The minimum Gasteiger partial charge on any atom is -0.388 e. The van der Waals surface area contributed by atoms with E-state index in [4.69, 9.17) is 0 Å². The number of rotatable bonds is 2. The lowest BCUT2D eigenvalue weighted by atomic mass is 10.1. The van der Waals surface area contributed by atoms with Crippen LogP contribution in [-0.4, -0.2) is 35.1 Å². The molecule has 2 heterocycles. The standard InChI is InChI=1S/C11H14N2O2/c1-11(15)4-6-13(8-11)10-9(7-14)3-2-5-12-10/h2-3,5,7,15H,4,6,8H2,1H3. The van der Waals surface area contributed by atoms with Gasteiger partial charge in [0.05, 0.1) is 11.2 Å². The molecule has 1 atom stereocenters. The van der Waals surface area contributed by atoms with E-state index in [9.17, 15) is 9.90 Å². The van der Waals surface area contributed by atoms with Crippen LogP contribution in [0.2, 0.25) is 0 Å². The Bertz CT molecular complexity index is 377. The van der Waals surface area contributed by atoms with E-state index in [2.05, 4.69) is 4.98 Å². The minimum atomic E-state index is -0.669. The Morgan fingerprint density at radius 3 is 3.07 bits per heavy atom. The molecule has 1 saturated heterocycles. The van der Waals surface area contributed by atoms with E-state index in [1.54, 1.807) is 25.3 Å². The Balaban J connectivity index is 2.27. The summed E-state index contributed by atoms with van der Waals surface area (Å²) in [5, 5.41) is 9.83. The summed E-state index contributed by atoms with van der Waals surface area (Å²) in [5.41, 5.74) is -0.0901. The first-order valence-corrected chi connectivity index (χ1v) is 5.00. The molecule has 1 aliphatic heterocycles. The van der Waals surface area contributed by atoms with Gasteiger partial charge in [-0.2, -0.15) is 0 Å². The van der Waals surface area contributed by atoms with Crippen LogP contribution in [0.25, 0.3) is 0 Å². The van der Waals surface area contributed by atoms with Crippen LogP contribution in [0.3, 0.4) is 0 Å². The molecule has 1 N–H and O–H groups in total. The smallest absolute Gasteiger partial charge is 0.153 e. The third kappa shape index (κ3) is 1.99. The van der Waals surface area contributed by atoms with E-state index < -0.39 is 5.60 Å². The second kappa shape index (κ2) is 3.62. The number of β-amino-alcohol motifs (C(OH)–C–C–N with tert-alkyl or cyclic N) is 1. The fourth-order valence-corrected chi connectivity index (χ4v) is 1.89. The van der Waals surface area contributed by atoms with Crippen molar-refractivity contribution in [3.63, 3.8) is 0 Å². The summed E-state index contributed by atoms with van der Waals surface area (Å²) in [5.74, 6) is 0.672.